The Kier molecular flexibility index (Phi) is 30.0. The summed E-state index contributed by atoms with van der Waals surface area (Å²) in [5.41, 5.74) is 5.07. The van der Waals surface area contributed by atoms with Crippen molar-refractivity contribution in [2.24, 2.45) is 0 Å². The molecule has 0 spiro atoms. The fraction of sp³-hybridized carbons (Fsp3) is 0.462. The lowest BCUT2D eigenvalue weighted by Crippen LogP contribution is -2.41. The van der Waals surface area contributed by atoms with Crippen molar-refractivity contribution >= 4 is 18.7 Å². The smallest absolute Gasteiger partial charge is 0.307 e. The quantitative estimate of drug-likeness (QED) is 0.198. The Bertz CT molecular complexity index is 1100. The highest BCUT2D eigenvalue weighted by atomic mass is 16.5. The summed E-state index contributed by atoms with van der Waals surface area (Å²) < 4.78 is 9.81. The number of carbonyl (C=O) groups is 3. The highest BCUT2D eigenvalue weighted by Crippen LogP contribution is 2.18. The van der Waals surface area contributed by atoms with Crippen LogP contribution in [-0.2, 0) is 23.9 Å². The fourth-order valence-corrected chi connectivity index (χ4v) is 4.05. The SMILES string of the molecule is C=O.CCC.CCOC(=O)CC(C)NC(=O)CN1CCCC1.C\C=C/C=C\C(=C/C)COC.Cc1ccc(-c2ccccc2)cc1. The van der Waals surface area contributed by atoms with Crippen LogP contribution in [0.4, 0.5) is 0 Å². The average molecular weight is 637 g/mol. The van der Waals surface area contributed by atoms with Gasteiger partial charge in [0.05, 0.1) is 26.2 Å². The molecule has 0 saturated carbocycles. The Labute approximate surface area is 279 Å². The normalized spacial score (nSPS) is 13.1. The van der Waals surface area contributed by atoms with E-state index in [1.54, 1.807) is 14.0 Å². The molecule has 0 bridgehead atoms. The lowest BCUT2D eigenvalue weighted by molar-refractivity contribution is -0.143. The predicted octanol–water partition coefficient (Wildman–Crippen LogP) is 8.14. The van der Waals surface area contributed by atoms with Crippen LogP contribution in [0.3, 0.4) is 0 Å². The molecule has 1 aliphatic rings. The van der Waals surface area contributed by atoms with Gasteiger partial charge in [-0.2, -0.15) is 0 Å². The number of esters is 1. The van der Waals surface area contributed by atoms with Crippen molar-refractivity contribution in [3.05, 3.63) is 96.1 Å². The van der Waals surface area contributed by atoms with Gasteiger partial charge in [-0.25, -0.2) is 0 Å². The van der Waals surface area contributed by atoms with Gasteiger partial charge in [0.15, 0.2) is 0 Å². The molecule has 1 N–H and O–H groups in total. The summed E-state index contributed by atoms with van der Waals surface area (Å²) in [6, 6.07) is 18.9. The van der Waals surface area contributed by atoms with E-state index in [-0.39, 0.29) is 24.3 Å². The zero-order valence-corrected chi connectivity index (χ0v) is 29.7. The Morgan fingerprint density at radius 1 is 0.935 bits per heavy atom. The Balaban J connectivity index is 0. The number of ether oxygens (including phenoxy) is 2. The maximum atomic E-state index is 11.6. The van der Waals surface area contributed by atoms with Gasteiger partial charge in [-0.15, -0.1) is 0 Å². The number of rotatable bonds is 11. The standard InChI is InChI=1S/C13H12.C12H22N2O3.C10H16O.C3H8.CH2O/c1-11-7-9-13(10-8-11)12-5-3-2-4-6-12;1-3-17-12(16)8-10(2)13-11(15)9-14-6-4-5-7-14;1-4-6-7-8-10(5-2)9-11-3;1-3-2;1-2/h2-10H,1H3;10H,3-9H2,1-2H3,(H,13,15);4-8H,9H2,1-3H3;3H2,1-2H3;1H2/b;;6-4-,8-7-,10-5+;;. The Hall–Kier alpha value is -3.81. The van der Waals surface area contributed by atoms with Gasteiger partial charge in [0, 0.05) is 13.2 Å². The number of benzene rings is 2. The summed E-state index contributed by atoms with van der Waals surface area (Å²) in [5.74, 6) is -0.273. The van der Waals surface area contributed by atoms with Crippen LogP contribution in [-0.4, -0.2) is 69.6 Å². The number of hydrogen-bond acceptors (Lipinski definition) is 6. The minimum Gasteiger partial charge on any atom is -0.466 e. The summed E-state index contributed by atoms with van der Waals surface area (Å²) >= 11 is 0. The van der Waals surface area contributed by atoms with Gasteiger partial charge in [0.1, 0.15) is 6.79 Å². The third kappa shape index (κ3) is 24.5. The molecule has 1 amide bonds. The first-order valence-corrected chi connectivity index (χ1v) is 16.3. The van der Waals surface area contributed by atoms with E-state index >= 15 is 0 Å². The van der Waals surface area contributed by atoms with E-state index in [4.69, 9.17) is 14.3 Å². The van der Waals surface area contributed by atoms with Gasteiger partial charge in [-0.1, -0.05) is 111 Å². The largest absolute Gasteiger partial charge is 0.466 e. The predicted molar refractivity (Wildman–Crippen MR) is 194 cm³/mol. The lowest BCUT2D eigenvalue weighted by atomic mass is 10.0. The lowest BCUT2D eigenvalue weighted by Gasteiger charge is -2.17. The maximum absolute atomic E-state index is 11.6. The summed E-state index contributed by atoms with van der Waals surface area (Å²) in [6.07, 6.45) is 13.9. The monoisotopic (exact) mass is 636 g/mol. The molecule has 0 aromatic heterocycles. The van der Waals surface area contributed by atoms with Crippen molar-refractivity contribution in [3.63, 3.8) is 0 Å². The molecular weight excluding hydrogens is 576 g/mol. The first-order valence-electron chi connectivity index (χ1n) is 16.3. The van der Waals surface area contributed by atoms with Crippen molar-refractivity contribution in [2.75, 3.05) is 40.0 Å². The first kappa shape index (κ1) is 44.3. The van der Waals surface area contributed by atoms with Crippen LogP contribution >= 0.6 is 0 Å². The summed E-state index contributed by atoms with van der Waals surface area (Å²) in [7, 11) is 1.70. The van der Waals surface area contributed by atoms with Gasteiger partial charge in [0.25, 0.3) is 0 Å². The number of nitrogens with zero attached hydrogens (tertiary/aromatic N) is 1. The highest BCUT2D eigenvalue weighted by Gasteiger charge is 2.17. The average Bonchev–Trinajstić information content (AvgIpc) is 3.56. The van der Waals surface area contributed by atoms with Crippen LogP contribution in [0, 0.1) is 6.92 Å². The van der Waals surface area contributed by atoms with Crippen LogP contribution in [0.25, 0.3) is 11.1 Å². The van der Waals surface area contributed by atoms with E-state index in [1.807, 2.05) is 64.0 Å². The van der Waals surface area contributed by atoms with E-state index < -0.39 is 0 Å². The second kappa shape index (κ2) is 31.2. The molecule has 0 aliphatic carbocycles. The van der Waals surface area contributed by atoms with Crippen LogP contribution in [0.5, 0.6) is 0 Å². The van der Waals surface area contributed by atoms with E-state index in [2.05, 4.69) is 79.5 Å². The molecule has 0 radical (unpaired) electrons. The molecule has 46 heavy (non-hydrogen) atoms. The van der Waals surface area contributed by atoms with Crippen molar-refractivity contribution in [3.8, 4) is 11.1 Å². The summed E-state index contributed by atoms with van der Waals surface area (Å²) in [5, 5.41) is 2.81. The van der Waals surface area contributed by atoms with Crippen molar-refractivity contribution in [2.45, 2.75) is 80.2 Å². The Morgan fingerprint density at radius 2 is 1.50 bits per heavy atom. The molecule has 1 aliphatic heterocycles. The van der Waals surface area contributed by atoms with Gasteiger partial charge in [0.2, 0.25) is 5.91 Å². The molecule has 256 valence electrons. The highest BCUT2D eigenvalue weighted by molar-refractivity contribution is 5.79. The fourth-order valence-electron chi connectivity index (χ4n) is 4.05. The third-order valence-electron chi connectivity index (χ3n) is 6.21. The number of hydrogen-bond donors (Lipinski definition) is 1. The second-order valence-corrected chi connectivity index (χ2v) is 10.6. The summed E-state index contributed by atoms with van der Waals surface area (Å²) in [4.78, 5) is 33.0. The van der Waals surface area contributed by atoms with Crippen molar-refractivity contribution in [1.29, 1.82) is 0 Å². The molecule has 7 nitrogen and oxygen atoms in total. The van der Waals surface area contributed by atoms with Crippen molar-refractivity contribution < 1.29 is 23.9 Å². The van der Waals surface area contributed by atoms with E-state index in [0.717, 1.165) is 13.1 Å². The minimum atomic E-state index is -0.263. The molecule has 3 rings (SSSR count). The molecule has 1 heterocycles. The number of likely N-dealkylation sites (tertiary alicyclic amines) is 1. The molecule has 7 heteroatoms. The third-order valence-corrected chi connectivity index (χ3v) is 6.21. The van der Waals surface area contributed by atoms with Gasteiger partial charge in [-0.3, -0.25) is 14.5 Å². The van der Waals surface area contributed by atoms with Crippen LogP contribution in [0.15, 0.2) is 90.6 Å². The number of nitrogens with one attached hydrogen (secondary N) is 1. The molecule has 2 aromatic carbocycles. The van der Waals surface area contributed by atoms with Crippen LogP contribution < -0.4 is 5.32 Å². The van der Waals surface area contributed by atoms with E-state index in [9.17, 15) is 9.59 Å². The van der Waals surface area contributed by atoms with Crippen LogP contribution in [0.1, 0.15) is 72.8 Å². The van der Waals surface area contributed by atoms with Crippen molar-refractivity contribution in [1.82, 2.24) is 10.2 Å². The first-order chi connectivity index (χ1) is 22.2. The molecule has 2 aromatic rings. The van der Waals surface area contributed by atoms with Gasteiger partial charge in [-0.05, 0) is 77.2 Å². The number of allylic oxidation sites excluding steroid dienone is 4. The van der Waals surface area contributed by atoms with Gasteiger partial charge < -0.3 is 19.6 Å². The molecular formula is C39H60N2O5. The summed E-state index contributed by atoms with van der Waals surface area (Å²) in [6.45, 7) is 19.5. The van der Waals surface area contributed by atoms with E-state index in [1.165, 1.54) is 41.5 Å². The number of carbonyl (C=O) groups excluding carboxylic acids is 3. The zero-order valence-electron chi connectivity index (χ0n) is 29.7. The molecule has 1 unspecified atom stereocenters. The zero-order chi connectivity index (χ0) is 35.0. The molecule has 1 saturated heterocycles. The van der Waals surface area contributed by atoms with Crippen LogP contribution in [0.2, 0.25) is 0 Å². The number of methoxy groups -OCH3 is 1. The molecule has 1 fully saturated rings. The minimum absolute atomic E-state index is 0.0105. The maximum Gasteiger partial charge on any atom is 0.307 e. The topological polar surface area (TPSA) is 84.9 Å². The Morgan fingerprint density at radius 3 is 2.00 bits per heavy atom. The molecule has 1 atom stereocenters. The number of amides is 1. The van der Waals surface area contributed by atoms with E-state index in [0.29, 0.717) is 19.8 Å². The second-order valence-electron chi connectivity index (χ2n) is 10.6. The van der Waals surface area contributed by atoms with Gasteiger partial charge >= 0.3 is 5.97 Å². The number of aryl methyl sites for hydroxylation is 1.